The molecule has 0 amide bonds. The summed E-state index contributed by atoms with van der Waals surface area (Å²) in [6.07, 6.45) is 0. The summed E-state index contributed by atoms with van der Waals surface area (Å²) in [5.74, 6) is 0.190. The van der Waals surface area contributed by atoms with Gasteiger partial charge in [0.1, 0.15) is 0 Å². The second-order valence-electron chi connectivity index (χ2n) is 21.7. The van der Waals surface area contributed by atoms with Crippen LogP contribution in [0.1, 0.15) is 16.4 Å². The topological polar surface area (TPSA) is 48.5 Å². The third-order valence-corrected chi connectivity index (χ3v) is 26.0. The van der Waals surface area contributed by atoms with E-state index in [9.17, 15) is 11.0 Å². The summed E-state index contributed by atoms with van der Waals surface area (Å²) in [6.45, 7) is 0. The summed E-state index contributed by atoms with van der Waals surface area (Å²) in [5.41, 5.74) is 4.78. The van der Waals surface area contributed by atoms with Gasteiger partial charge in [0.15, 0.2) is 22.0 Å². The zero-order chi connectivity index (χ0) is 68.9. The predicted molar refractivity (Wildman–Crippen MR) is 372 cm³/mol. The van der Waals surface area contributed by atoms with Crippen molar-refractivity contribution in [2.75, 3.05) is 0 Å². The molecule has 0 fully saturated rings. The molecule has 0 aliphatic rings. The highest BCUT2D eigenvalue weighted by Gasteiger charge is 2.46. The summed E-state index contributed by atoms with van der Waals surface area (Å²) in [5, 5.41) is 7.03. The summed E-state index contributed by atoms with van der Waals surface area (Å²) in [6, 6.07) is 81.7. The van der Waals surface area contributed by atoms with Gasteiger partial charge in [0.2, 0.25) is 11.9 Å². The average Bonchev–Trinajstić information content (AvgIpc) is 0.880. The zero-order valence-corrected chi connectivity index (χ0v) is 49.2. The lowest BCUT2D eigenvalue weighted by Gasteiger charge is -2.38. The molecular formula is C81H57N5Si2. The quantitative estimate of drug-likeness (QED) is 0.0854. The molecule has 88 heavy (non-hydrogen) atoms. The van der Waals surface area contributed by atoms with Crippen molar-refractivity contribution in [1.82, 2.24) is 24.1 Å². The van der Waals surface area contributed by atoms with Crippen molar-refractivity contribution >= 4 is 101 Å². The fourth-order valence-corrected chi connectivity index (χ4v) is 22.2. The Balaban J connectivity index is 1.17. The highest BCUT2D eigenvalue weighted by atomic mass is 28.3. The van der Waals surface area contributed by atoms with E-state index >= 15 is 0 Å². The zero-order valence-electron chi connectivity index (χ0n) is 59.2. The molecule has 7 heteroatoms. The fraction of sp³-hybridized carbons (Fsp3) is 0. The van der Waals surface area contributed by atoms with Crippen molar-refractivity contribution in [2.24, 2.45) is 0 Å². The number of rotatable bonds is 13. The normalized spacial score (nSPS) is 14.3. The Morgan fingerprint density at radius 3 is 1.08 bits per heavy atom. The van der Waals surface area contributed by atoms with Crippen molar-refractivity contribution in [3.63, 3.8) is 0 Å². The second-order valence-corrected chi connectivity index (χ2v) is 29.1. The number of nitrogens with zero attached hydrogens (tertiary/aromatic N) is 5. The molecule has 5 nitrogen and oxygen atoms in total. The number of hydrogen-bond donors (Lipinski definition) is 0. The predicted octanol–water partition coefficient (Wildman–Crippen LogP) is 13.8. The van der Waals surface area contributed by atoms with E-state index in [0.717, 1.165) is 70.3 Å². The molecule has 16 aromatic rings. The van der Waals surface area contributed by atoms with Crippen LogP contribution in [0.4, 0.5) is 0 Å². The molecule has 3 heterocycles. The van der Waals surface area contributed by atoms with Gasteiger partial charge in [-0.3, -0.25) is 9.13 Å². The molecule has 16 rings (SSSR count). The highest BCUT2D eigenvalue weighted by Crippen LogP contribution is 2.35. The lowest BCUT2D eigenvalue weighted by atomic mass is 10.1. The van der Waals surface area contributed by atoms with Gasteiger partial charge in [-0.05, 0) is 88.0 Å². The molecule has 0 spiro atoms. The average molecular weight is 1170 g/mol. The first-order valence-corrected chi connectivity index (χ1v) is 33.1. The van der Waals surface area contributed by atoms with E-state index in [-0.39, 0.29) is 68.1 Å². The minimum absolute atomic E-state index is 0.00290. The summed E-state index contributed by atoms with van der Waals surface area (Å²) >= 11 is 0. The van der Waals surface area contributed by atoms with Crippen LogP contribution in [-0.4, -0.2) is 40.2 Å². The summed E-state index contributed by atoms with van der Waals surface area (Å²) < 4.78 is 123. The van der Waals surface area contributed by atoms with Crippen molar-refractivity contribution in [3.8, 4) is 45.5 Å². The van der Waals surface area contributed by atoms with Crippen LogP contribution in [0.5, 0.6) is 0 Å². The van der Waals surface area contributed by atoms with E-state index in [0.29, 0.717) is 10.4 Å². The highest BCUT2D eigenvalue weighted by molar-refractivity contribution is 7.22. The van der Waals surface area contributed by atoms with Gasteiger partial charge in [0.25, 0.3) is 0 Å². The van der Waals surface area contributed by atoms with Crippen molar-refractivity contribution in [2.45, 2.75) is 0 Å². The van der Waals surface area contributed by atoms with Crippen molar-refractivity contribution in [3.05, 3.63) is 345 Å². The second kappa shape index (κ2) is 22.1. The molecule has 0 radical (unpaired) electrons. The number of fused-ring (bicyclic) bond motifs is 6. The van der Waals surface area contributed by atoms with Gasteiger partial charge < -0.3 is 0 Å². The van der Waals surface area contributed by atoms with Crippen LogP contribution in [0.15, 0.2) is 345 Å². The largest absolute Gasteiger partial charge is 0.278 e. The molecule has 13 aromatic carbocycles. The van der Waals surface area contributed by atoms with Crippen LogP contribution in [0.25, 0.3) is 89.2 Å². The van der Waals surface area contributed by atoms with Crippen LogP contribution in [-0.2, 0) is 0 Å². The number of aromatic nitrogens is 5. The van der Waals surface area contributed by atoms with E-state index in [4.69, 9.17) is 20.4 Å². The molecule has 0 aliphatic carbocycles. The third kappa shape index (κ3) is 8.70. The van der Waals surface area contributed by atoms with E-state index in [2.05, 4.69) is 6.07 Å². The van der Waals surface area contributed by atoms with Gasteiger partial charge in [-0.25, -0.2) is 0 Å². The van der Waals surface area contributed by atoms with E-state index in [1.807, 2.05) is 234 Å². The van der Waals surface area contributed by atoms with Crippen LogP contribution in [0, 0.1) is 0 Å². The molecule has 0 bridgehead atoms. The number of para-hydroxylation sites is 4. The molecule has 1 unspecified atom stereocenters. The minimum Gasteiger partial charge on any atom is -0.278 e. The van der Waals surface area contributed by atoms with Gasteiger partial charge in [0, 0.05) is 27.1 Å². The summed E-state index contributed by atoms with van der Waals surface area (Å²) in [7, 11) is -9.33. The monoisotopic (exact) mass is 1170 g/mol. The molecule has 0 saturated heterocycles. The first-order chi connectivity index (χ1) is 48.6. The third-order valence-electron chi connectivity index (χ3n) is 17.0. The van der Waals surface area contributed by atoms with Gasteiger partial charge >= 0.3 is 0 Å². The standard InChI is InChI=1S/C81H57N5Si2/c1-7-29-58(30-8-1)60-33-27-43-67(53-60)87(63-35-11-3-12-36-63,64-37-13-4-14-38-64)69-55-62(56-70(57-69)88(65-39-15-5-16-40-65,66-41-17-6-18-42-66)68-44-28-34-61(54-68)59-31-9-2-10-32-59)79-82-80(85-75-49-23-19-45-71(75)72-46-20-24-50-76(72)85)84-81(83-79)86-77-51-25-21-47-73(77)74-48-22-26-52-78(74)86/h1-57H/i1D,3D,7D,8D,11D,12D,29D,30D,35D,55D,56D,57D. The van der Waals surface area contributed by atoms with Crippen molar-refractivity contribution in [1.29, 1.82) is 0 Å². The number of hydrogen-bond acceptors (Lipinski definition) is 3. The Bertz CT molecular complexity index is 5670. The Morgan fingerprint density at radius 1 is 0.250 bits per heavy atom. The molecule has 0 N–H and O–H groups in total. The molecule has 1 atom stereocenters. The molecule has 414 valence electrons. The SMILES string of the molecule is [2H]c1cc([Si](c2ccccc2)(c2cccc(-c3c([2H])c([2H])c([2H])c([2H])c3[2H])c2)c2c([2H])c(-c3nc(-n4c5ccccc5c5ccccc54)nc(-n4c5ccccc5c5ccccc54)n3)c([2H])c([Si](c3ccccc3)(c3ccccc3)c3cccc(-c4ccccc4)c3)c2[2H])c([2H])c([2H])c1[2H]. The van der Waals surface area contributed by atoms with Crippen LogP contribution < -0.4 is 41.5 Å². The Labute approximate surface area is 530 Å². The van der Waals surface area contributed by atoms with Crippen LogP contribution in [0.2, 0.25) is 0 Å². The summed E-state index contributed by atoms with van der Waals surface area (Å²) in [4.78, 5) is 16.7. The molecule has 0 saturated carbocycles. The maximum Gasteiger partial charge on any atom is 0.240 e. The van der Waals surface area contributed by atoms with Gasteiger partial charge in [-0.15, -0.1) is 0 Å². The minimum atomic E-state index is -4.98. The molecular weight excluding hydrogens is 1100 g/mol. The van der Waals surface area contributed by atoms with Gasteiger partial charge in [0.05, 0.1) is 38.5 Å². The first kappa shape index (κ1) is 41.0. The van der Waals surface area contributed by atoms with Crippen LogP contribution >= 0.6 is 0 Å². The van der Waals surface area contributed by atoms with E-state index < -0.39 is 70.5 Å². The van der Waals surface area contributed by atoms with Gasteiger partial charge in [-0.1, -0.05) is 321 Å². The Kier molecular flexibility index (Phi) is 10.3. The maximum absolute atomic E-state index is 11.9. The Hall–Kier alpha value is -11.1. The lowest BCUT2D eigenvalue weighted by molar-refractivity contribution is 0.893. The maximum atomic E-state index is 11.9. The van der Waals surface area contributed by atoms with Crippen molar-refractivity contribution < 1.29 is 16.4 Å². The fourth-order valence-electron chi connectivity index (χ4n) is 13.1. The van der Waals surface area contributed by atoms with Gasteiger partial charge in [-0.2, -0.15) is 15.0 Å². The smallest absolute Gasteiger partial charge is 0.240 e. The molecule has 3 aromatic heterocycles. The first-order valence-electron chi connectivity index (χ1n) is 35.1. The Morgan fingerprint density at radius 2 is 0.614 bits per heavy atom. The van der Waals surface area contributed by atoms with Crippen LogP contribution in [0.3, 0.4) is 0 Å². The lowest BCUT2D eigenvalue weighted by Crippen LogP contribution is -2.78. The van der Waals surface area contributed by atoms with E-state index in [1.165, 1.54) is 6.07 Å². The molecule has 0 aliphatic heterocycles. The van der Waals surface area contributed by atoms with E-state index in [1.54, 1.807) is 36.4 Å². The number of benzene rings is 13.